The lowest BCUT2D eigenvalue weighted by Gasteiger charge is -2.09. The van der Waals surface area contributed by atoms with Crippen molar-refractivity contribution in [3.8, 4) is 17.1 Å². The van der Waals surface area contributed by atoms with Crippen LogP contribution in [0.5, 0.6) is 5.75 Å². The molecule has 0 aliphatic rings. The van der Waals surface area contributed by atoms with Crippen LogP contribution >= 0.6 is 11.8 Å². The van der Waals surface area contributed by atoms with Gasteiger partial charge in [0.25, 0.3) is 0 Å². The normalized spacial score (nSPS) is 10.5. The third-order valence-electron chi connectivity index (χ3n) is 4.78. The average molecular weight is 457 g/mol. The van der Waals surface area contributed by atoms with Crippen LogP contribution in [0.3, 0.4) is 0 Å². The molecule has 1 aromatic heterocycles. The van der Waals surface area contributed by atoms with Gasteiger partial charge >= 0.3 is 0 Å². The van der Waals surface area contributed by atoms with Crippen LogP contribution in [0.25, 0.3) is 11.4 Å². The molecule has 1 heterocycles. The van der Waals surface area contributed by atoms with Crippen LogP contribution < -0.4 is 10.1 Å². The zero-order valence-corrected chi connectivity index (χ0v) is 18.9. The predicted molar refractivity (Wildman–Crippen MR) is 132 cm³/mol. The number of nitrogens with zero attached hydrogens (tertiary/aromatic N) is 3. The van der Waals surface area contributed by atoms with Crippen LogP contribution in [-0.4, -0.2) is 26.4 Å². The number of hydrogen-bond acceptors (Lipinski definition) is 5. The summed E-state index contributed by atoms with van der Waals surface area (Å²) in [5.41, 5.74) is 2.79. The van der Waals surface area contributed by atoms with Crippen LogP contribution in [-0.2, 0) is 17.9 Å². The molecule has 33 heavy (non-hydrogen) atoms. The van der Waals surface area contributed by atoms with E-state index in [2.05, 4.69) is 22.1 Å². The van der Waals surface area contributed by atoms with Gasteiger partial charge < -0.3 is 10.1 Å². The molecule has 1 amide bonds. The van der Waals surface area contributed by atoms with E-state index in [1.165, 1.54) is 11.8 Å². The molecule has 0 saturated carbocycles. The summed E-state index contributed by atoms with van der Waals surface area (Å²) in [5, 5.41) is 12.2. The number of thioether (sulfide) groups is 1. The van der Waals surface area contributed by atoms with E-state index in [0.29, 0.717) is 24.0 Å². The van der Waals surface area contributed by atoms with Gasteiger partial charge in [-0.15, -0.1) is 16.8 Å². The van der Waals surface area contributed by atoms with E-state index in [-0.39, 0.29) is 11.7 Å². The monoisotopic (exact) mass is 456 g/mol. The zero-order chi connectivity index (χ0) is 22.9. The van der Waals surface area contributed by atoms with Gasteiger partial charge in [0.15, 0.2) is 11.0 Å². The average Bonchev–Trinajstić information content (AvgIpc) is 3.26. The van der Waals surface area contributed by atoms with Gasteiger partial charge in [-0.1, -0.05) is 78.5 Å². The molecule has 6 nitrogen and oxygen atoms in total. The van der Waals surface area contributed by atoms with Crippen molar-refractivity contribution in [2.24, 2.45) is 0 Å². The summed E-state index contributed by atoms with van der Waals surface area (Å²) in [7, 11) is 0. The first-order valence-corrected chi connectivity index (χ1v) is 11.5. The number of amides is 1. The van der Waals surface area contributed by atoms with Gasteiger partial charge in [0, 0.05) is 17.8 Å². The lowest BCUT2D eigenvalue weighted by atomic mass is 10.2. The van der Waals surface area contributed by atoms with Gasteiger partial charge in [-0.25, -0.2) is 0 Å². The number of rotatable bonds is 10. The van der Waals surface area contributed by atoms with Gasteiger partial charge in [0.05, 0.1) is 5.75 Å². The first kappa shape index (κ1) is 22.4. The SMILES string of the molecule is C=CCn1c(SCC(=O)Nc2ccc(OCc3ccccc3)cc2)nnc1-c1ccccc1. The van der Waals surface area contributed by atoms with Gasteiger partial charge in [0.2, 0.25) is 5.91 Å². The van der Waals surface area contributed by atoms with E-state index in [9.17, 15) is 4.79 Å². The highest BCUT2D eigenvalue weighted by Gasteiger charge is 2.15. The standard InChI is InChI=1S/C26H24N4O2S/c1-2-17-30-25(21-11-7-4-8-12-21)28-29-26(30)33-19-24(31)27-22-13-15-23(16-14-22)32-18-20-9-5-3-6-10-20/h2-16H,1,17-19H2,(H,27,31). The minimum atomic E-state index is -0.118. The van der Waals surface area contributed by atoms with Crippen LogP contribution in [0.15, 0.2) is 103 Å². The molecular weight excluding hydrogens is 432 g/mol. The molecule has 0 fully saturated rings. The molecule has 0 unspecified atom stereocenters. The maximum absolute atomic E-state index is 12.5. The third kappa shape index (κ3) is 6.11. The highest BCUT2D eigenvalue weighted by atomic mass is 32.2. The van der Waals surface area contributed by atoms with Crippen molar-refractivity contribution >= 4 is 23.4 Å². The van der Waals surface area contributed by atoms with Gasteiger partial charge in [-0.3, -0.25) is 9.36 Å². The van der Waals surface area contributed by atoms with Crippen molar-refractivity contribution in [2.75, 3.05) is 11.1 Å². The summed E-state index contributed by atoms with van der Waals surface area (Å²) in [5.74, 6) is 1.60. The fraction of sp³-hybridized carbons (Fsp3) is 0.115. The van der Waals surface area contributed by atoms with E-state index >= 15 is 0 Å². The number of allylic oxidation sites excluding steroid dienone is 1. The Morgan fingerprint density at radius 3 is 2.36 bits per heavy atom. The highest BCUT2D eigenvalue weighted by Crippen LogP contribution is 2.24. The molecule has 0 spiro atoms. The molecule has 0 aliphatic heterocycles. The molecule has 4 rings (SSSR count). The molecule has 7 heteroatoms. The number of hydrogen-bond donors (Lipinski definition) is 1. The number of ether oxygens (including phenoxy) is 1. The van der Waals surface area contributed by atoms with Crippen molar-refractivity contribution in [3.63, 3.8) is 0 Å². The lowest BCUT2D eigenvalue weighted by Crippen LogP contribution is -2.14. The summed E-state index contributed by atoms with van der Waals surface area (Å²) in [6, 6.07) is 27.2. The molecule has 3 aromatic carbocycles. The van der Waals surface area contributed by atoms with Crippen LogP contribution in [0.1, 0.15) is 5.56 Å². The Labute approximate surface area is 197 Å². The molecule has 4 aromatic rings. The second-order valence-electron chi connectivity index (χ2n) is 7.21. The van der Waals surface area contributed by atoms with Crippen LogP contribution in [0.2, 0.25) is 0 Å². The molecular formula is C26H24N4O2S. The van der Waals surface area contributed by atoms with E-state index < -0.39 is 0 Å². The summed E-state index contributed by atoms with van der Waals surface area (Å²) in [4.78, 5) is 12.5. The maximum atomic E-state index is 12.5. The largest absolute Gasteiger partial charge is 0.489 e. The number of carbonyl (C=O) groups excluding carboxylic acids is 1. The van der Waals surface area contributed by atoms with Crippen molar-refractivity contribution in [1.82, 2.24) is 14.8 Å². The number of anilines is 1. The minimum Gasteiger partial charge on any atom is -0.489 e. The lowest BCUT2D eigenvalue weighted by molar-refractivity contribution is -0.113. The Morgan fingerprint density at radius 2 is 1.67 bits per heavy atom. The molecule has 0 radical (unpaired) electrons. The van der Waals surface area contributed by atoms with Gasteiger partial charge in [-0.05, 0) is 29.8 Å². The quantitative estimate of drug-likeness (QED) is 0.254. The van der Waals surface area contributed by atoms with Crippen LogP contribution in [0, 0.1) is 0 Å². The summed E-state index contributed by atoms with van der Waals surface area (Å²) in [6.07, 6.45) is 1.79. The first-order valence-electron chi connectivity index (χ1n) is 10.5. The number of aromatic nitrogens is 3. The van der Waals surface area contributed by atoms with E-state index in [0.717, 1.165) is 22.7 Å². The minimum absolute atomic E-state index is 0.118. The maximum Gasteiger partial charge on any atom is 0.234 e. The predicted octanol–water partition coefficient (Wildman–Crippen LogP) is 5.44. The van der Waals surface area contributed by atoms with E-state index in [4.69, 9.17) is 4.74 Å². The smallest absolute Gasteiger partial charge is 0.234 e. The van der Waals surface area contributed by atoms with Crippen molar-refractivity contribution in [3.05, 3.63) is 103 Å². The van der Waals surface area contributed by atoms with Gasteiger partial charge in [0.1, 0.15) is 12.4 Å². The summed E-state index contributed by atoms with van der Waals surface area (Å²) >= 11 is 1.34. The molecule has 0 atom stereocenters. The molecule has 1 N–H and O–H groups in total. The number of carbonyl (C=O) groups is 1. The van der Waals surface area contributed by atoms with Crippen LogP contribution in [0.4, 0.5) is 5.69 Å². The zero-order valence-electron chi connectivity index (χ0n) is 18.1. The summed E-state index contributed by atoms with van der Waals surface area (Å²) in [6.45, 7) is 4.89. The summed E-state index contributed by atoms with van der Waals surface area (Å²) < 4.78 is 7.75. The number of benzene rings is 3. The van der Waals surface area contributed by atoms with E-state index in [1.807, 2.05) is 89.5 Å². The van der Waals surface area contributed by atoms with Gasteiger partial charge in [-0.2, -0.15) is 0 Å². The van der Waals surface area contributed by atoms with E-state index in [1.54, 1.807) is 6.08 Å². The Morgan fingerprint density at radius 1 is 0.970 bits per heavy atom. The molecule has 0 saturated heterocycles. The third-order valence-corrected chi connectivity index (χ3v) is 5.75. The van der Waals surface area contributed by atoms with Crippen molar-refractivity contribution in [2.45, 2.75) is 18.3 Å². The Balaban J connectivity index is 1.32. The fourth-order valence-corrected chi connectivity index (χ4v) is 3.94. The Kier molecular flexibility index (Phi) is 7.56. The first-order chi connectivity index (χ1) is 16.2. The molecule has 0 bridgehead atoms. The second-order valence-corrected chi connectivity index (χ2v) is 8.15. The molecule has 0 aliphatic carbocycles. The number of nitrogens with one attached hydrogen (secondary N) is 1. The second kappa shape index (κ2) is 11.2. The molecule has 166 valence electrons. The topological polar surface area (TPSA) is 69.0 Å². The van der Waals surface area contributed by atoms with Crippen molar-refractivity contribution < 1.29 is 9.53 Å². The van der Waals surface area contributed by atoms with Crippen molar-refractivity contribution in [1.29, 1.82) is 0 Å². The highest BCUT2D eigenvalue weighted by molar-refractivity contribution is 7.99. The Hall–Kier alpha value is -3.84. The Bertz CT molecular complexity index is 1190. The fourth-order valence-electron chi connectivity index (χ4n) is 3.19.